The first kappa shape index (κ1) is 12.9. The molecule has 3 nitrogen and oxygen atoms in total. The summed E-state index contributed by atoms with van der Waals surface area (Å²) in [4.78, 5) is 0. The molecule has 0 aromatic rings. The van der Waals surface area contributed by atoms with Crippen molar-refractivity contribution in [3.8, 4) is 0 Å². The molecule has 15 heavy (non-hydrogen) atoms. The van der Waals surface area contributed by atoms with E-state index in [1.54, 1.807) is 0 Å². The van der Waals surface area contributed by atoms with E-state index in [0.29, 0.717) is 18.6 Å². The number of hydrogen-bond acceptors (Lipinski definition) is 3. The molecule has 0 aliphatic carbocycles. The third kappa shape index (κ3) is 4.96. The lowest BCUT2D eigenvalue weighted by Crippen LogP contribution is -2.24. The van der Waals surface area contributed by atoms with Gasteiger partial charge in [0.1, 0.15) is 0 Å². The molecule has 90 valence electrons. The molecule has 0 radical (unpaired) electrons. The summed E-state index contributed by atoms with van der Waals surface area (Å²) in [6.07, 6.45) is 4.17. The molecule has 3 unspecified atom stereocenters. The Morgan fingerprint density at radius 2 is 1.93 bits per heavy atom. The third-order valence-electron chi connectivity index (χ3n) is 2.83. The van der Waals surface area contributed by atoms with Gasteiger partial charge in [0.05, 0.1) is 24.9 Å². The van der Waals surface area contributed by atoms with Gasteiger partial charge in [-0.3, -0.25) is 0 Å². The predicted molar refractivity (Wildman–Crippen MR) is 61.8 cm³/mol. The van der Waals surface area contributed by atoms with Gasteiger partial charge in [-0.2, -0.15) is 0 Å². The van der Waals surface area contributed by atoms with Crippen molar-refractivity contribution in [2.24, 2.45) is 11.7 Å². The standard InChI is InChI=1S/C12H25NO2/c1-9(2)6-10(3)14-8-12-5-4-11(7-13)15-12/h9-12H,4-8,13H2,1-3H3. The van der Waals surface area contributed by atoms with E-state index < -0.39 is 0 Å². The fraction of sp³-hybridized carbons (Fsp3) is 1.00. The minimum absolute atomic E-state index is 0.263. The van der Waals surface area contributed by atoms with E-state index in [9.17, 15) is 0 Å². The monoisotopic (exact) mass is 215 g/mol. The van der Waals surface area contributed by atoms with Crippen LogP contribution in [0.25, 0.3) is 0 Å². The maximum Gasteiger partial charge on any atom is 0.0814 e. The van der Waals surface area contributed by atoms with Crippen LogP contribution in [0, 0.1) is 5.92 Å². The number of nitrogens with two attached hydrogens (primary N) is 1. The van der Waals surface area contributed by atoms with Crippen LogP contribution < -0.4 is 5.73 Å². The molecule has 2 N–H and O–H groups in total. The lowest BCUT2D eigenvalue weighted by Gasteiger charge is -2.18. The third-order valence-corrected chi connectivity index (χ3v) is 2.83. The molecule has 1 heterocycles. The minimum atomic E-state index is 0.263. The van der Waals surface area contributed by atoms with Crippen molar-refractivity contribution < 1.29 is 9.47 Å². The number of hydrogen-bond donors (Lipinski definition) is 1. The van der Waals surface area contributed by atoms with Crippen LogP contribution in [0.2, 0.25) is 0 Å². The van der Waals surface area contributed by atoms with Gasteiger partial charge in [-0.1, -0.05) is 13.8 Å². The Morgan fingerprint density at radius 3 is 2.47 bits per heavy atom. The Balaban J connectivity index is 2.10. The highest BCUT2D eigenvalue weighted by molar-refractivity contribution is 4.74. The molecule has 1 aliphatic heterocycles. The molecule has 0 aromatic carbocycles. The molecule has 1 fully saturated rings. The molecule has 3 heteroatoms. The first-order chi connectivity index (χ1) is 7.11. The van der Waals surface area contributed by atoms with Crippen LogP contribution in [-0.2, 0) is 9.47 Å². The van der Waals surface area contributed by atoms with Crippen molar-refractivity contribution in [2.45, 2.75) is 58.3 Å². The van der Waals surface area contributed by atoms with Gasteiger partial charge in [-0.15, -0.1) is 0 Å². The summed E-state index contributed by atoms with van der Waals surface area (Å²) >= 11 is 0. The Labute approximate surface area is 93.3 Å². The van der Waals surface area contributed by atoms with Crippen LogP contribution in [0.15, 0.2) is 0 Å². The average molecular weight is 215 g/mol. The quantitative estimate of drug-likeness (QED) is 0.736. The van der Waals surface area contributed by atoms with E-state index >= 15 is 0 Å². The van der Waals surface area contributed by atoms with Gasteiger partial charge in [-0.25, -0.2) is 0 Å². The summed E-state index contributed by atoms with van der Waals surface area (Å²) in [6.45, 7) is 7.94. The number of rotatable bonds is 6. The van der Waals surface area contributed by atoms with Crippen molar-refractivity contribution in [1.82, 2.24) is 0 Å². The molecule has 1 saturated heterocycles. The Hall–Kier alpha value is -0.120. The van der Waals surface area contributed by atoms with Gasteiger partial charge in [-0.05, 0) is 32.1 Å². The fourth-order valence-corrected chi connectivity index (χ4v) is 2.08. The van der Waals surface area contributed by atoms with Crippen LogP contribution in [0.5, 0.6) is 0 Å². The van der Waals surface area contributed by atoms with Crippen LogP contribution in [0.4, 0.5) is 0 Å². The second kappa shape index (κ2) is 6.46. The van der Waals surface area contributed by atoms with Crippen LogP contribution in [0.1, 0.15) is 40.0 Å². The normalized spacial score (nSPS) is 28.6. The van der Waals surface area contributed by atoms with Crippen molar-refractivity contribution in [3.05, 3.63) is 0 Å². The minimum Gasteiger partial charge on any atom is -0.376 e. The average Bonchev–Trinajstić information content (AvgIpc) is 2.61. The van der Waals surface area contributed by atoms with E-state index in [2.05, 4.69) is 20.8 Å². The Kier molecular flexibility index (Phi) is 5.58. The van der Waals surface area contributed by atoms with E-state index in [1.807, 2.05) is 0 Å². The van der Waals surface area contributed by atoms with Crippen molar-refractivity contribution >= 4 is 0 Å². The lowest BCUT2D eigenvalue weighted by molar-refractivity contribution is -0.0390. The Morgan fingerprint density at radius 1 is 1.27 bits per heavy atom. The van der Waals surface area contributed by atoms with Crippen molar-refractivity contribution in [1.29, 1.82) is 0 Å². The molecular weight excluding hydrogens is 190 g/mol. The molecule has 0 spiro atoms. The summed E-state index contributed by atoms with van der Waals surface area (Å²) in [7, 11) is 0. The van der Waals surface area contributed by atoms with Gasteiger partial charge in [0.15, 0.2) is 0 Å². The molecule has 1 aliphatic rings. The zero-order valence-electron chi connectivity index (χ0n) is 10.2. The number of ether oxygens (including phenoxy) is 2. The van der Waals surface area contributed by atoms with Crippen LogP contribution in [-0.4, -0.2) is 31.5 Å². The van der Waals surface area contributed by atoms with Crippen LogP contribution >= 0.6 is 0 Å². The first-order valence-electron chi connectivity index (χ1n) is 6.09. The van der Waals surface area contributed by atoms with E-state index in [1.165, 1.54) is 0 Å². The molecule has 3 atom stereocenters. The van der Waals surface area contributed by atoms with Crippen molar-refractivity contribution in [3.63, 3.8) is 0 Å². The van der Waals surface area contributed by atoms with E-state index in [4.69, 9.17) is 15.2 Å². The summed E-state index contributed by atoms with van der Waals surface area (Å²) < 4.78 is 11.5. The highest BCUT2D eigenvalue weighted by Crippen LogP contribution is 2.20. The highest BCUT2D eigenvalue weighted by Gasteiger charge is 2.24. The fourth-order valence-electron chi connectivity index (χ4n) is 2.08. The molecule has 0 bridgehead atoms. The van der Waals surface area contributed by atoms with Gasteiger partial charge in [0.2, 0.25) is 0 Å². The second-order valence-corrected chi connectivity index (χ2v) is 4.97. The summed E-state index contributed by atoms with van der Waals surface area (Å²) in [5.74, 6) is 0.696. The smallest absolute Gasteiger partial charge is 0.0814 e. The van der Waals surface area contributed by atoms with E-state index in [0.717, 1.165) is 25.9 Å². The summed E-state index contributed by atoms with van der Waals surface area (Å²) in [5.41, 5.74) is 5.55. The topological polar surface area (TPSA) is 44.5 Å². The van der Waals surface area contributed by atoms with Gasteiger partial charge in [0.25, 0.3) is 0 Å². The van der Waals surface area contributed by atoms with Crippen molar-refractivity contribution in [2.75, 3.05) is 13.2 Å². The van der Waals surface area contributed by atoms with Gasteiger partial charge >= 0.3 is 0 Å². The lowest BCUT2D eigenvalue weighted by atomic mass is 10.1. The SMILES string of the molecule is CC(C)CC(C)OCC1CCC(CN)O1. The zero-order chi connectivity index (χ0) is 11.3. The van der Waals surface area contributed by atoms with E-state index in [-0.39, 0.29) is 12.2 Å². The second-order valence-electron chi connectivity index (χ2n) is 4.97. The summed E-state index contributed by atoms with van der Waals surface area (Å²) in [5, 5.41) is 0. The molecule has 0 amide bonds. The molecule has 0 aromatic heterocycles. The maximum atomic E-state index is 5.76. The van der Waals surface area contributed by atoms with Crippen LogP contribution in [0.3, 0.4) is 0 Å². The summed E-state index contributed by atoms with van der Waals surface area (Å²) in [6, 6.07) is 0. The van der Waals surface area contributed by atoms with Gasteiger partial charge in [0, 0.05) is 6.54 Å². The first-order valence-corrected chi connectivity index (χ1v) is 6.09. The zero-order valence-corrected chi connectivity index (χ0v) is 10.2. The molecular formula is C12H25NO2. The Bertz CT molecular complexity index is 173. The highest BCUT2D eigenvalue weighted by atomic mass is 16.5. The predicted octanol–water partition coefficient (Wildman–Crippen LogP) is 1.94. The maximum absolute atomic E-state index is 5.76. The van der Waals surface area contributed by atoms with Gasteiger partial charge < -0.3 is 15.2 Å². The largest absolute Gasteiger partial charge is 0.376 e. The molecule has 0 saturated carbocycles. The molecule has 1 rings (SSSR count).